The fourth-order valence-corrected chi connectivity index (χ4v) is 4.54. The van der Waals surface area contributed by atoms with Gasteiger partial charge in [-0.1, -0.05) is 85.8 Å². The van der Waals surface area contributed by atoms with Gasteiger partial charge in [0.15, 0.2) is 0 Å². The molecule has 3 rings (SSSR count). The van der Waals surface area contributed by atoms with Gasteiger partial charge in [0.1, 0.15) is 0 Å². The van der Waals surface area contributed by atoms with Gasteiger partial charge in [-0.3, -0.25) is 0 Å². The molecule has 1 heteroatoms. The van der Waals surface area contributed by atoms with Gasteiger partial charge < -0.3 is 0 Å². The molecule has 1 aliphatic rings. The van der Waals surface area contributed by atoms with Crippen molar-refractivity contribution < 1.29 is 0 Å². The Hall–Kier alpha value is -1.73. The smallest absolute Gasteiger partial charge is 0.0903 e. The summed E-state index contributed by atoms with van der Waals surface area (Å²) in [5.74, 6) is 1.08. The van der Waals surface area contributed by atoms with E-state index in [1.165, 1.54) is 16.7 Å². The maximum absolute atomic E-state index is 2.42. The molecular weight excluding hydrogens is 284 g/mol. The largest absolute Gasteiger partial charge is 0.141 e. The number of allylic oxidation sites excluding steroid dienone is 3. The van der Waals surface area contributed by atoms with Gasteiger partial charge in [-0.15, -0.1) is 11.8 Å². The van der Waals surface area contributed by atoms with Crippen molar-refractivity contribution in [3.63, 3.8) is 0 Å². The number of hydrogen-bond acceptors (Lipinski definition) is 1. The number of hydrogen-bond donors (Lipinski definition) is 0. The molecule has 1 aliphatic carbocycles. The predicted molar refractivity (Wildman–Crippen MR) is 98.3 cm³/mol. The second kappa shape index (κ2) is 7.02. The van der Waals surface area contributed by atoms with Gasteiger partial charge in [0.25, 0.3) is 0 Å². The van der Waals surface area contributed by atoms with Gasteiger partial charge >= 0.3 is 0 Å². The van der Waals surface area contributed by atoms with Crippen LogP contribution in [-0.4, -0.2) is 5.75 Å². The lowest BCUT2D eigenvalue weighted by Crippen LogP contribution is -2.27. The van der Waals surface area contributed by atoms with E-state index in [0.29, 0.717) is 0 Å². The van der Waals surface area contributed by atoms with E-state index >= 15 is 0 Å². The third kappa shape index (κ3) is 2.78. The highest BCUT2D eigenvalue weighted by Gasteiger charge is 2.37. The van der Waals surface area contributed by atoms with Crippen LogP contribution in [0.2, 0.25) is 0 Å². The molecule has 0 bridgehead atoms. The maximum Gasteiger partial charge on any atom is 0.0903 e. The van der Waals surface area contributed by atoms with Crippen LogP contribution in [0.25, 0.3) is 0 Å². The zero-order valence-corrected chi connectivity index (χ0v) is 13.9. The Balaban J connectivity index is 2.23. The van der Waals surface area contributed by atoms with Crippen LogP contribution in [0.3, 0.4) is 0 Å². The SMILES string of the molecule is CCSC(C1=CCCC=C1)(c1ccccc1)c1ccccc1. The van der Waals surface area contributed by atoms with Crippen LogP contribution < -0.4 is 0 Å². The maximum atomic E-state index is 2.42. The van der Waals surface area contributed by atoms with Crippen molar-refractivity contribution in [2.75, 3.05) is 5.75 Å². The van der Waals surface area contributed by atoms with Crippen LogP contribution in [0.5, 0.6) is 0 Å². The van der Waals surface area contributed by atoms with Crippen LogP contribution >= 0.6 is 11.8 Å². The highest BCUT2D eigenvalue weighted by Crippen LogP contribution is 2.49. The average molecular weight is 306 g/mol. The van der Waals surface area contributed by atoms with Crippen molar-refractivity contribution in [1.82, 2.24) is 0 Å². The van der Waals surface area contributed by atoms with E-state index in [2.05, 4.69) is 85.8 Å². The van der Waals surface area contributed by atoms with E-state index in [4.69, 9.17) is 0 Å². The topological polar surface area (TPSA) is 0 Å². The first-order valence-electron chi connectivity index (χ1n) is 8.00. The molecule has 112 valence electrons. The van der Waals surface area contributed by atoms with E-state index < -0.39 is 0 Å². The molecule has 0 saturated carbocycles. The average Bonchev–Trinajstić information content (AvgIpc) is 2.62. The molecule has 0 nitrogen and oxygen atoms in total. The van der Waals surface area contributed by atoms with Gasteiger partial charge in [-0.25, -0.2) is 0 Å². The third-order valence-electron chi connectivity index (χ3n) is 4.12. The molecule has 0 atom stereocenters. The lowest BCUT2D eigenvalue weighted by atomic mass is 9.81. The van der Waals surface area contributed by atoms with E-state index in [9.17, 15) is 0 Å². The lowest BCUT2D eigenvalue weighted by molar-refractivity contribution is 0.861. The van der Waals surface area contributed by atoms with Gasteiger partial charge in [0, 0.05) is 0 Å². The van der Waals surface area contributed by atoms with Gasteiger partial charge in [0.05, 0.1) is 4.75 Å². The van der Waals surface area contributed by atoms with Crippen molar-refractivity contribution >= 4 is 11.8 Å². The van der Waals surface area contributed by atoms with Crippen LogP contribution in [0.4, 0.5) is 0 Å². The molecule has 0 aromatic heterocycles. The summed E-state index contributed by atoms with van der Waals surface area (Å²) in [7, 11) is 0. The van der Waals surface area contributed by atoms with Gasteiger partial charge in [-0.05, 0) is 35.3 Å². The van der Waals surface area contributed by atoms with Crippen molar-refractivity contribution in [2.45, 2.75) is 24.5 Å². The second-order valence-corrected chi connectivity index (χ2v) is 6.96. The summed E-state index contributed by atoms with van der Waals surface area (Å²) >= 11 is 2.02. The number of benzene rings is 2. The Labute approximate surface area is 138 Å². The summed E-state index contributed by atoms with van der Waals surface area (Å²) in [6.45, 7) is 2.25. The molecule has 0 fully saturated rings. The second-order valence-electron chi connectivity index (χ2n) is 5.49. The Kier molecular flexibility index (Phi) is 4.84. The number of thioether (sulfide) groups is 1. The van der Waals surface area contributed by atoms with E-state index in [-0.39, 0.29) is 4.75 Å². The Morgan fingerprint density at radius 3 is 1.91 bits per heavy atom. The molecule has 0 spiro atoms. The molecular formula is C21H22S. The predicted octanol–water partition coefficient (Wildman–Crippen LogP) is 5.96. The van der Waals surface area contributed by atoms with Crippen molar-refractivity contribution in [2.24, 2.45) is 0 Å². The normalized spacial score (nSPS) is 14.7. The van der Waals surface area contributed by atoms with Crippen molar-refractivity contribution in [1.29, 1.82) is 0 Å². The first-order valence-corrected chi connectivity index (χ1v) is 8.98. The van der Waals surface area contributed by atoms with Crippen molar-refractivity contribution in [3.8, 4) is 0 Å². The third-order valence-corrected chi connectivity index (χ3v) is 5.55. The Morgan fingerprint density at radius 1 is 0.864 bits per heavy atom. The molecule has 0 heterocycles. The van der Waals surface area contributed by atoms with Gasteiger partial charge in [-0.2, -0.15) is 0 Å². The quantitative estimate of drug-likeness (QED) is 0.656. The molecule has 0 aliphatic heterocycles. The fourth-order valence-electron chi connectivity index (χ4n) is 3.19. The van der Waals surface area contributed by atoms with E-state index in [0.717, 1.165) is 18.6 Å². The summed E-state index contributed by atoms with van der Waals surface area (Å²) in [5.41, 5.74) is 4.15. The summed E-state index contributed by atoms with van der Waals surface area (Å²) in [5, 5.41) is 0. The lowest BCUT2D eigenvalue weighted by Gasteiger charge is -2.37. The molecule has 0 N–H and O–H groups in total. The fraction of sp³-hybridized carbons (Fsp3) is 0.238. The minimum atomic E-state index is -0.103. The number of rotatable bonds is 5. The first-order chi connectivity index (χ1) is 10.9. The van der Waals surface area contributed by atoms with Gasteiger partial charge in [0.2, 0.25) is 0 Å². The molecule has 2 aromatic carbocycles. The molecule has 0 radical (unpaired) electrons. The molecule has 0 saturated heterocycles. The summed E-state index contributed by atoms with van der Waals surface area (Å²) < 4.78 is -0.103. The van der Waals surface area contributed by atoms with Crippen LogP contribution in [0.15, 0.2) is 84.5 Å². The Bertz CT molecular complexity index is 613. The van der Waals surface area contributed by atoms with Crippen LogP contribution in [0, 0.1) is 0 Å². The van der Waals surface area contributed by atoms with Crippen LogP contribution in [0.1, 0.15) is 30.9 Å². The Morgan fingerprint density at radius 2 is 1.45 bits per heavy atom. The summed E-state index contributed by atoms with van der Waals surface area (Å²) in [4.78, 5) is 0. The summed E-state index contributed by atoms with van der Waals surface area (Å²) in [6.07, 6.45) is 9.35. The standard InChI is InChI=1S/C21H22S/c1-2-22-21(18-12-6-3-7-13-18,19-14-8-4-9-15-19)20-16-10-5-11-17-20/h3-4,6-10,12-17H,2,5,11H2,1H3. The van der Waals surface area contributed by atoms with Crippen LogP contribution in [-0.2, 0) is 4.75 Å². The summed E-state index contributed by atoms with van der Waals surface area (Å²) in [6, 6.07) is 21.8. The zero-order chi connectivity index (χ0) is 15.3. The minimum Gasteiger partial charge on any atom is -0.141 e. The monoisotopic (exact) mass is 306 g/mol. The molecule has 0 amide bonds. The van der Waals surface area contributed by atoms with E-state index in [1.807, 2.05) is 11.8 Å². The molecule has 22 heavy (non-hydrogen) atoms. The highest BCUT2D eigenvalue weighted by atomic mass is 32.2. The van der Waals surface area contributed by atoms with Crippen molar-refractivity contribution in [3.05, 3.63) is 95.6 Å². The first kappa shape index (κ1) is 15.2. The van der Waals surface area contributed by atoms with E-state index in [1.54, 1.807) is 0 Å². The molecule has 2 aromatic rings. The highest BCUT2D eigenvalue weighted by molar-refractivity contribution is 8.00. The minimum absolute atomic E-state index is 0.103. The zero-order valence-electron chi connectivity index (χ0n) is 13.0. The molecule has 0 unspecified atom stereocenters.